The van der Waals surface area contributed by atoms with Crippen LogP contribution in [0.1, 0.15) is 44.5 Å². The van der Waals surface area contributed by atoms with Crippen molar-refractivity contribution >= 4 is 45.6 Å². The summed E-state index contributed by atoms with van der Waals surface area (Å²) in [7, 11) is 0. The van der Waals surface area contributed by atoms with Crippen molar-refractivity contribution in [1.82, 2.24) is 10.3 Å². The van der Waals surface area contributed by atoms with Crippen molar-refractivity contribution in [2.75, 3.05) is 18.0 Å². The topological polar surface area (TPSA) is 71.5 Å². The number of nitrogens with zero attached hydrogens (tertiary/aromatic N) is 2. The minimum Gasteiger partial charge on any atom is -0.444 e. The number of rotatable bonds is 3. The molecule has 8 heteroatoms. The molecule has 24 heavy (non-hydrogen) atoms. The number of halogens is 2. The van der Waals surface area contributed by atoms with Crippen LogP contribution in [0.15, 0.2) is 10.7 Å². The third-order valence-corrected chi connectivity index (χ3v) is 4.96. The fourth-order valence-corrected chi connectivity index (χ4v) is 3.40. The minimum atomic E-state index is -0.551. The van der Waals surface area contributed by atoms with Crippen LogP contribution in [0, 0.1) is 0 Å². The Morgan fingerprint density at radius 2 is 2.21 bits per heavy atom. The first-order valence-corrected chi connectivity index (χ1v) is 8.77. The maximum absolute atomic E-state index is 12.1. The number of pyridine rings is 1. The minimum absolute atomic E-state index is 0.296. The molecule has 1 aliphatic heterocycles. The number of ether oxygens (including phenoxy) is 1. The van der Waals surface area contributed by atoms with Gasteiger partial charge in [-0.25, -0.2) is 9.78 Å². The van der Waals surface area contributed by atoms with Crippen molar-refractivity contribution in [2.24, 2.45) is 0 Å². The number of aromatic nitrogens is 1. The highest BCUT2D eigenvalue weighted by molar-refractivity contribution is 9.10. The van der Waals surface area contributed by atoms with Crippen molar-refractivity contribution < 1.29 is 14.3 Å². The zero-order chi connectivity index (χ0) is 18.1. The van der Waals surface area contributed by atoms with Crippen LogP contribution in [-0.4, -0.2) is 41.6 Å². The van der Waals surface area contributed by atoms with E-state index >= 15 is 0 Å². The number of amides is 1. The fourth-order valence-electron chi connectivity index (χ4n) is 2.68. The Morgan fingerprint density at radius 3 is 2.79 bits per heavy atom. The number of carbonyl (C=O) groups excluding carboxylic acids is 2. The Labute approximate surface area is 155 Å². The summed E-state index contributed by atoms with van der Waals surface area (Å²) < 4.78 is 5.91. The number of hydrogen-bond acceptors (Lipinski definition) is 5. The Hall–Kier alpha value is -1.34. The molecule has 0 bridgehead atoms. The summed E-state index contributed by atoms with van der Waals surface area (Å²) >= 11 is 9.46. The van der Waals surface area contributed by atoms with Crippen molar-refractivity contribution in [3.8, 4) is 0 Å². The van der Waals surface area contributed by atoms with Gasteiger partial charge in [-0.3, -0.25) is 4.79 Å². The first kappa shape index (κ1) is 19.0. The quantitative estimate of drug-likeness (QED) is 0.597. The standard InChI is InChI=1S/C16H21BrClN3O3/c1-15(2,3)24-14(23)20-16(4)5-6-21(9-16)12-10(8-22)7-19-13(18)11(12)17/h7-8H,5-6,9H2,1-4H3,(H,20,23)/t16-/m0/s1. The van der Waals surface area contributed by atoms with E-state index in [0.29, 0.717) is 34.0 Å². The lowest BCUT2D eigenvalue weighted by Gasteiger charge is -2.29. The second-order valence-electron chi connectivity index (χ2n) is 7.14. The molecule has 6 nitrogen and oxygen atoms in total. The number of alkyl carbamates (subject to hydrolysis) is 1. The highest BCUT2D eigenvalue weighted by Gasteiger charge is 2.38. The number of carbonyl (C=O) groups is 2. The van der Waals surface area contributed by atoms with Gasteiger partial charge in [-0.05, 0) is 50.0 Å². The molecule has 0 saturated carbocycles. The maximum Gasteiger partial charge on any atom is 0.408 e. The number of hydrogen-bond donors (Lipinski definition) is 1. The molecular formula is C16H21BrClN3O3. The van der Waals surface area contributed by atoms with E-state index in [9.17, 15) is 9.59 Å². The molecule has 1 aromatic heterocycles. The third-order valence-electron chi connectivity index (χ3n) is 3.70. The highest BCUT2D eigenvalue weighted by atomic mass is 79.9. The van der Waals surface area contributed by atoms with E-state index < -0.39 is 17.2 Å². The van der Waals surface area contributed by atoms with Gasteiger partial charge in [0.25, 0.3) is 0 Å². The molecule has 2 heterocycles. The lowest BCUT2D eigenvalue weighted by Crippen LogP contribution is -2.49. The summed E-state index contributed by atoms with van der Waals surface area (Å²) in [6.45, 7) is 8.62. The predicted octanol–water partition coefficient (Wildman–Crippen LogP) is 3.80. The third kappa shape index (κ3) is 4.39. The molecule has 0 aromatic carbocycles. The fraction of sp³-hybridized carbons (Fsp3) is 0.562. The van der Waals surface area contributed by atoms with Crippen molar-refractivity contribution in [3.05, 3.63) is 21.4 Å². The van der Waals surface area contributed by atoms with E-state index in [1.807, 2.05) is 32.6 Å². The molecule has 1 amide bonds. The van der Waals surface area contributed by atoms with Gasteiger partial charge in [-0.2, -0.15) is 0 Å². The van der Waals surface area contributed by atoms with Crippen LogP contribution in [0.5, 0.6) is 0 Å². The molecule has 1 aliphatic rings. The van der Waals surface area contributed by atoms with Crippen molar-refractivity contribution in [1.29, 1.82) is 0 Å². The van der Waals surface area contributed by atoms with Gasteiger partial charge in [-0.1, -0.05) is 11.6 Å². The summed E-state index contributed by atoms with van der Waals surface area (Å²) in [6, 6.07) is 0. The number of aldehydes is 1. The Kier molecular flexibility index (Phi) is 5.44. The van der Waals surface area contributed by atoms with Crippen LogP contribution in [0.25, 0.3) is 0 Å². The molecule has 1 N–H and O–H groups in total. The zero-order valence-electron chi connectivity index (χ0n) is 14.2. The van der Waals surface area contributed by atoms with E-state index in [-0.39, 0.29) is 0 Å². The first-order chi connectivity index (χ1) is 11.0. The molecule has 0 aliphatic carbocycles. The van der Waals surface area contributed by atoms with Gasteiger partial charge in [0.05, 0.1) is 21.3 Å². The largest absolute Gasteiger partial charge is 0.444 e. The van der Waals surface area contributed by atoms with Crippen LogP contribution in [0.2, 0.25) is 5.15 Å². The van der Waals surface area contributed by atoms with E-state index in [1.165, 1.54) is 6.20 Å². The molecule has 0 unspecified atom stereocenters. The van der Waals surface area contributed by atoms with Gasteiger partial charge in [0.2, 0.25) is 0 Å². The molecule has 0 radical (unpaired) electrons. The highest BCUT2D eigenvalue weighted by Crippen LogP contribution is 2.37. The average Bonchev–Trinajstić information content (AvgIpc) is 2.80. The maximum atomic E-state index is 12.1. The van der Waals surface area contributed by atoms with Gasteiger partial charge in [0.15, 0.2) is 6.29 Å². The molecular weight excluding hydrogens is 398 g/mol. The van der Waals surface area contributed by atoms with Crippen LogP contribution in [0.4, 0.5) is 10.5 Å². The lowest BCUT2D eigenvalue weighted by molar-refractivity contribution is 0.0473. The summed E-state index contributed by atoms with van der Waals surface area (Å²) in [5, 5.41) is 3.22. The van der Waals surface area contributed by atoms with Crippen molar-refractivity contribution in [3.63, 3.8) is 0 Å². The normalized spacial score (nSPS) is 20.8. The van der Waals surface area contributed by atoms with E-state index in [4.69, 9.17) is 16.3 Å². The van der Waals surface area contributed by atoms with Crippen LogP contribution in [0.3, 0.4) is 0 Å². The van der Waals surface area contributed by atoms with Gasteiger partial charge in [0, 0.05) is 19.3 Å². The molecule has 132 valence electrons. The van der Waals surface area contributed by atoms with Crippen LogP contribution >= 0.6 is 27.5 Å². The number of nitrogens with one attached hydrogen (secondary N) is 1. The number of anilines is 1. The van der Waals surface area contributed by atoms with Gasteiger partial charge >= 0.3 is 6.09 Å². The second-order valence-corrected chi connectivity index (χ2v) is 8.29. The smallest absolute Gasteiger partial charge is 0.408 e. The van der Waals surface area contributed by atoms with Gasteiger partial charge in [0.1, 0.15) is 10.8 Å². The predicted molar refractivity (Wildman–Crippen MR) is 96.9 cm³/mol. The van der Waals surface area contributed by atoms with Crippen LogP contribution < -0.4 is 10.2 Å². The molecule has 0 spiro atoms. The van der Waals surface area contributed by atoms with E-state index in [0.717, 1.165) is 12.7 Å². The Morgan fingerprint density at radius 1 is 1.54 bits per heavy atom. The summed E-state index contributed by atoms with van der Waals surface area (Å²) in [5.74, 6) is 0. The van der Waals surface area contributed by atoms with Gasteiger partial charge in [-0.15, -0.1) is 0 Å². The van der Waals surface area contributed by atoms with E-state index in [1.54, 1.807) is 0 Å². The summed E-state index contributed by atoms with van der Waals surface area (Å²) in [5.41, 5.74) is 0.135. The lowest BCUT2D eigenvalue weighted by atomic mass is 10.0. The SMILES string of the molecule is CC(C)(C)OC(=O)N[C@@]1(C)CCN(c2c(C=O)cnc(Cl)c2Br)C1. The molecule has 1 atom stereocenters. The first-order valence-electron chi connectivity index (χ1n) is 7.60. The van der Waals surface area contributed by atoms with Crippen LogP contribution in [-0.2, 0) is 4.74 Å². The van der Waals surface area contributed by atoms with E-state index in [2.05, 4.69) is 26.2 Å². The molecule has 1 fully saturated rings. The monoisotopic (exact) mass is 417 g/mol. The Bertz CT molecular complexity index is 663. The molecule has 1 saturated heterocycles. The van der Waals surface area contributed by atoms with Crippen molar-refractivity contribution in [2.45, 2.75) is 45.3 Å². The summed E-state index contributed by atoms with van der Waals surface area (Å²) in [6.07, 6.45) is 2.47. The van der Waals surface area contributed by atoms with Gasteiger partial charge < -0.3 is 15.0 Å². The second kappa shape index (κ2) is 6.88. The Balaban J connectivity index is 2.17. The molecule has 2 rings (SSSR count). The zero-order valence-corrected chi connectivity index (χ0v) is 16.5. The molecule has 1 aromatic rings. The average molecular weight is 419 g/mol. The summed E-state index contributed by atoms with van der Waals surface area (Å²) in [4.78, 5) is 29.4.